The zero-order valence-corrected chi connectivity index (χ0v) is 30.1. The molecule has 0 N–H and O–H groups in total. The molecule has 5 rings (SSSR count). The van der Waals surface area contributed by atoms with E-state index in [9.17, 15) is 21.6 Å². The van der Waals surface area contributed by atoms with Crippen LogP contribution in [0, 0.1) is 0 Å². The van der Waals surface area contributed by atoms with Crippen molar-refractivity contribution in [2.45, 2.75) is 68.6 Å². The highest BCUT2D eigenvalue weighted by molar-refractivity contribution is 8.04. The molecule has 0 amide bonds. The number of para-hydroxylation sites is 2. The summed E-state index contributed by atoms with van der Waals surface area (Å²) < 4.78 is 73.6. The van der Waals surface area contributed by atoms with Gasteiger partial charge in [-0.05, 0) is 87.7 Å². The molecule has 13 heteroatoms. The highest BCUT2D eigenvalue weighted by Gasteiger charge is 2.36. The van der Waals surface area contributed by atoms with Crippen molar-refractivity contribution in [3.8, 4) is 5.75 Å². The molecule has 0 aliphatic heterocycles. The fraction of sp³-hybridized carbons (Fsp3) is 0.297. The van der Waals surface area contributed by atoms with Crippen LogP contribution in [-0.2, 0) is 36.1 Å². The number of sulfonamides is 2. The summed E-state index contributed by atoms with van der Waals surface area (Å²) in [5, 5.41) is 0. The minimum absolute atomic E-state index is 0.101. The lowest BCUT2D eigenvalue weighted by molar-refractivity contribution is -0.163. The number of ether oxygens (including phenoxy) is 2. The Balaban J connectivity index is 1.42. The molecule has 11 nitrogen and oxygen atoms in total. The fourth-order valence-electron chi connectivity index (χ4n) is 5.19. The molecule has 0 saturated carbocycles. The molecule has 50 heavy (non-hydrogen) atoms. The number of oxazole rings is 1. The molecule has 264 valence electrons. The number of anilines is 1. The maximum Gasteiger partial charge on any atom is 0.347 e. The number of aromatic nitrogens is 1. The number of fused-ring (bicyclic) bond motifs is 1. The zero-order chi connectivity index (χ0) is 35.9. The predicted octanol–water partition coefficient (Wildman–Crippen LogP) is 6.80. The number of nitrogens with zero attached hydrogens (tertiary/aromatic N) is 3. The van der Waals surface area contributed by atoms with Crippen molar-refractivity contribution in [1.82, 2.24) is 8.69 Å². The van der Waals surface area contributed by atoms with E-state index in [-0.39, 0.29) is 41.9 Å². The van der Waals surface area contributed by atoms with Gasteiger partial charge in [0.1, 0.15) is 16.9 Å². The van der Waals surface area contributed by atoms with Gasteiger partial charge in [-0.1, -0.05) is 71.3 Å². The van der Waals surface area contributed by atoms with Gasteiger partial charge in [-0.3, -0.25) is 0 Å². The van der Waals surface area contributed by atoms with Crippen molar-refractivity contribution in [2.75, 3.05) is 18.0 Å². The van der Waals surface area contributed by atoms with Gasteiger partial charge < -0.3 is 18.8 Å². The molecule has 1 unspecified atom stereocenters. The third-order valence-electron chi connectivity index (χ3n) is 7.53. The molecule has 1 aromatic heterocycles. The quantitative estimate of drug-likeness (QED) is 0.106. The molecule has 0 saturated heterocycles. The standard InChI is InChI=1S/C37H41N3O8S2/c1-5-33(35(41)48-37(2,3)4)46-29-17-14-16-28(26-29)27-39(36-38-32-22-12-13-23-34(32)47-36)24-15-25-40(49(42,43)30-18-8-6-9-19-30)50(44,45)31-20-10-7-11-21-31/h6-14,16-23,26,33H,5,15,24-25,27H2,1-4H3. The van der Waals surface area contributed by atoms with Crippen LogP contribution in [0.4, 0.5) is 6.01 Å². The van der Waals surface area contributed by atoms with Gasteiger partial charge in [0.15, 0.2) is 11.7 Å². The van der Waals surface area contributed by atoms with Gasteiger partial charge in [-0.15, -0.1) is 0 Å². The number of esters is 1. The molecule has 0 fully saturated rings. The van der Waals surface area contributed by atoms with Gasteiger partial charge in [0, 0.05) is 19.6 Å². The SMILES string of the molecule is CCC(Oc1cccc(CN(CCCN(S(=O)(=O)c2ccccc2)S(=O)(=O)c2ccccc2)c2nc3ccccc3o2)c1)C(=O)OC(C)(C)C. The van der Waals surface area contributed by atoms with Crippen LogP contribution in [0.2, 0.25) is 0 Å². The van der Waals surface area contributed by atoms with Crippen LogP contribution in [0.15, 0.2) is 123 Å². The maximum absolute atomic E-state index is 13.8. The monoisotopic (exact) mass is 719 g/mol. The second-order valence-electron chi connectivity index (χ2n) is 12.6. The summed E-state index contributed by atoms with van der Waals surface area (Å²) in [5.41, 5.74) is 1.32. The number of carbonyl (C=O) groups is 1. The Kier molecular flexibility index (Phi) is 11.3. The highest BCUT2D eigenvalue weighted by Crippen LogP contribution is 2.28. The summed E-state index contributed by atoms with van der Waals surface area (Å²) >= 11 is 0. The first kappa shape index (κ1) is 36.6. The van der Waals surface area contributed by atoms with Gasteiger partial charge in [0.2, 0.25) is 0 Å². The van der Waals surface area contributed by atoms with E-state index in [1.54, 1.807) is 81.4 Å². The maximum atomic E-state index is 13.8. The lowest BCUT2D eigenvalue weighted by Gasteiger charge is -2.25. The second-order valence-corrected chi connectivity index (χ2v) is 16.5. The number of carbonyl (C=O) groups excluding carboxylic acids is 1. The third kappa shape index (κ3) is 8.89. The molecule has 1 atom stereocenters. The van der Waals surface area contributed by atoms with Crippen molar-refractivity contribution in [2.24, 2.45) is 0 Å². The summed E-state index contributed by atoms with van der Waals surface area (Å²) in [6, 6.07) is 29.8. The average molecular weight is 720 g/mol. The molecule has 0 aliphatic rings. The summed E-state index contributed by atoms with van der Waals surface area (Å²) in [7, 11) is -8.91. The molecular weight excluding hydrogens is 679 g/mol. The molecule has 5 aromatic rings. The van der Waals surface area contributed by atoms with Crippen LogP contribution in [0.5, 0.6) is 5.75 Å². The van der Waals surface area contributed by atoms with Crippen LogP contribution >= 0.6 is 0 Å². The van der Waals surface area contributed by atoms with Crippen LogP contribution in [0.3, 0.4) is 0 Å². The van der Waals surface area contributed by atoms with Crippen LogP contribution in [0.25, 0.3) is 11.1 Å². The van der Waals surface area contributed by atoms with Gasteiger partial charge in [-0.2, -0.15) is 4.98 Å². The number of hydrogen-bond donors (Lipinski definition) is 0. The Morgan fingerprint density at radius 3 is 1.98 bits per heavy atom. The van der Waals surface area contributed by atoms with Gasteiger partial charge >= 0.3 is 5.97 Å². The van der Waals surface area contributed by atoms with Crippen molar-refractivity contribution >= 4 is 43.1 Å². The van der Waals surface area contributed by atoms with E-state index in [1.165, 1.54) is 24.3 Å². The van der Waals surface area contributed by atoms with Gasteiger partial charge in [-0.25, -0.2) is 21.6 Å². The Labute approximate surface area is 293 Å². The van der Waals surface area contributed by atoms with Crippen molar-refractivity contribution in [3.05, 3.63) is 115 Å². The number of benzene rings is 4. The second kappa shape index (κ2) is 15.4. The smallest absolute Gasteiger partial charge is 0.347 e. The Morgan fingerprint density at radius 1 is 0.800 bits per heavy atom. The van der Waals surface area contributed by atoms with Crippen molar-refractivity contribution in [1.29, 1.82) is 0 Å². The van der Waals surface area contributed by atoms with E-state index in [2.05, 4.69) is 4.98 Å². The normalized spacial score (nSPS) is 12.9. The lowest BCUT2D eigenvalue weighted by atomic mass is 10.1. The topological polar surface area (TPSA) is 136 Å². The highest BCUT2D eigenvalue weighted by atomic mass is 32.3. The first-order chi connectivity index (χ1) is 23.8. The largest absolute Gasteiger partial charge is 0.479 e. The van der Waals surface area contributed by atoms with E-state index < -0.39 is 37.7 Å². The number of rotatable bonds is 15. The molecule has 0 bridgehead atoms. The molecule has 4 aromatic carbocycles. The molecule has 0 aliphatic carbocycles. The van der Waals surface area contributed by atoms with E-state index in [4.69, 9.17) is 13.9 Å². The minimum Gasteiger partial charge on any atom is -0.479 e. The van der Waals surface area contributed by atoms with Crippen LogP contribution in [0.1, 0.15) is 46.1 Å². The Morgan fingerprint density at radius 2 is 1.40 bits per heavy atom. The fourth-order valence-corrected chi connectivity index (χ4v) is 8.95. The minimum atomic E-state index is -4.45. The van der Waals surface area contributed by atoms with Gasteiger partial charge in [0.05, 0.1) is 9.79 Å². The van der Waals surface area contributed by atoms with E-state index >= 15 is 0 Å². The summed E-state index contributed by atoms with van der Waals surface area (Å²) in [5.74, 6) is 0.00535. The zero-order valence-electron chi connectivity index (χ0n) is 28.4. The Bertz CT molecular complexity index is 2010. The average Bonchev–Trinajstić information content (AvgIpc) is 3.53. The Hall–Kier alpha value is -4.72. The number of hydrogen-bond acceptors (Lipinski definition) is 10. The third-order valence-corrected chi connectivity index (χ3v) is 11.9. The van der Waals surface area contributed by atoms with Crippen LogP contribution in [-0.4, -0.2) is 56.3 Å². The molecular formula is C37H41N3O8S2. The van der Waals surface area contributed by atoms with E-state index in [0.29, 0.717) is 27.0 Å². The van der Waals surface area contributed by atoms with Crippen molar-refractivity contribution < 1.29 is 35.5 Å². The summed E-state index contributed by atoms with van der Waals surface area (Å²) in [6.07, 6.45) is -0.298. The van der Waals surface area contributed by atoms with E-state index in [0.717, 1.165) is 5.56 Å². The van der Waals surface area contributed by atoms with Crippen LogP contribution < -0.4 is 9.64 Å². The lowest BCUT2D eigenvalue weighted by Crippen LogP contribution is -2.39. The predicted molar refractivity (Wildman–Crippen MR) is 191 cm³/mol. The molecule has 0 radical (unpaired) electrons. The molecule has 1 heterocycles. The summed E-state index contributed by atoms with van der Waals surface area (Å²) in [4.78, 5) is 19.0. The van der Waals surface area contributed by atoms with Gasteiger partial charge in [0.25, 0.3) is 26.1 Å². The van der Waals surface area contributed by atoms with E-state index in [1.807, 2.05) is 36.1 Å². The first-order valence-electron chi connectivity index (χ1n) is 16.2. The molecule has 0 spiro atoms. The van der Waals surface area contributed by atoms with Crippen molar-refractivity contribution in [3.63, 3.8) is 0 Å². The first-order valence-corrected chi connectivity index (χ1v) is 19.1. The summed E-state index contributed by atoms with van der Waals surface area (Å²) in [6.45, 7) is 7.32.